The third kappa shape index (κ3) is 4.43. The summed E-state index contributed by atoms with van der Waals surface area (Å²) in [6.45, 7) is 5.58. The molecule has 1 fully saturated rings. The molecule has 0 saturated carbocycles. The number of halogens is 1. The van der Waals surface area contributed by atoms with E-state index in [1.165, 1.54) is 16.9 Å². The molecule has 0 bridgehead atoms. The number of hydrogen-bond donors (Lipinski definition) is 1. The van der Waals surface area contributed by atoms with Crippen LogP contribution in [-0.2, 0) is 13.1 Å². The van der Waals surface area contributed by atoms with Gasteiger partial charge >= 0.3 is 0 Å². The largest absolute Gasteiger partial charge is 0.309 e. The Bertz CT molecular complexity index is 1250. The second-order valence-electron chi connectivity index (χ2n) is 7.86. The first-order valence-corrected chi connectivity index (χ1v) is 11.7. The Balaban J connectivity index is 1.29. The standard InChI is InChI=1S/C24H23ClN4OS/c25-20-9-5-4-8-18(20)19-16-31-24-22(19)23(30)26-21(27-24)15-29-12-10-28(11-13-29)14-17-6-2-1-3-7-17/h1-9,16H,10-15H2,(H,26,27,30). The van der Waals surface area contributed by atoms with Crippen LogP contribution in [0.2, 0.25) is 5.02 Å². The smallest absolute Gasteiger partial charge is 0.260 e. The van der Waals surface area contributed by atoms with Crippen molar-refractivity contribution >= 4 is 33.2 Å². The summed E-state index contributed by atoms with van der Waals surface area (Å²) in [5.41, 5.74) is 2.96. The van der Waals surface area contributed by atoms with Crippen LogP contribution >= 0.6 is 22.9 Å². The molecule has 1 saturated heterocycles. The molecule has 7 heteroatoms. The highest BCUT2D eigenvalue weighted by molar-refractivity contribution is 7.17. The van der Waals surface area contributed by atoms with Gasteiger partial charge in [0.2, 0.25) is 0 Å². The van der Waals surface area contributed by atoms with Gasteiger partial charge in [0.05, 0.1) is 11.9 Å². The van der Waals surface area contributed by atoms with Gasteiger partial charge < -0.3 is 4.98 Å². The first-order valence-electron chi connectivity index (χ1n) is 10.4. The average molecular weight is 451 g/mol. The lowest BCUT2D eigenvalue weighted by molar-refractivity contribution is 0.120. The second-order valence-corrected chi connectivity index (χ2v) is 9.13. The van der Waals surface area contributed by atoms with E-state index in [1.54, 1.807) is 0 Å². The average Bonchev–Trinajstić information content (AvgIpc) is 3.20. The van der Waals surface area contributed by atoms with Gasteiger partial charge in [-0.25, -0.2) is 4.98 Å². The van der Waals surface area contributed by atoms with E-state index >= 15 is 0 Å². The normalized spacial score (nSPS) is 15.5. The van der Waals surface area contributed by atoms with E-state index in [1.807, 2.05) is 29.6 Å². The fourth-order valence-corrected chi connectivity index (χ4v) is 5.30. The van der Waals surface area contributed by atoms with Gasteiger partial charge in [-0.2, -0.15) is 0 Å². The lowest BCUT2D eigenvalue weighted by Crippen LogP contribution is -2.45. The van der Waals surface area contributed by atoms with Gasteiger partial charge in [0.1, 0.15) is 10.7 Å². The molecule has 5 nitrogen and oxygen atoms in total. The predicted octanol–water partition coefficient (Wildman–Crippen LogP) is 4.62. The Morgan fingerprint density at radius 1 is 0.903 bits per heavy atom. The molecule has 0 amide bonds. The third-order valence-corrected chi connectivity index (χ3v) is 6.95. The van der Waals surface area contributed by atoms with E-state index in [0.29, 0.717) is 17.0 Å². The molecule has 2 aromatic heterocycles. The molecule has 2 aromatic carbocycles. The molecular formula is C24H23ClN4OS. The number of rotatable bonds is 5. The number of hydrogen-bond acceptors (Lipinski definition) is 5. The quantitative estimate of drug-likeness (QED) is 0.482. The van der Waals surface area contributed by atoms with Gasteiger partial charge in [0.25, 0.3) is 5.56 Å². The van der Waals surface area contributed by atoms with Crippen LogP contribution in [0.4, 0.5) is 0 Å². The number of H-pyrrole nitrogens is 1. The summed E-state index contributed by atoms with van der Waals surface area (Å²) in [5.74, 6) is 0.724. The minimum absolute atomic E-state index is 0.0983. The van der Waals surface area contributed by atoms with Crippen molar-refractivity contribution in [2.45, 2.75) is 13.1 Å². The summed E-state index contributed by atoms with van der Waals surface area (Å²) < 4.78 is 0. The minimum atomic E-state index is -0.0983. The molecule has 0 spiro atoms. The molecule has 0 unspecified atom stereocenters. The zero-order valence-corrected chi connectivity index (χ0v) is 18.6. The molecule has 1 N–H and O–H groups in total. The third-order valence-electron chi connectivity index (χ3n) is 5.74. The first kappa shape index (κ1) is 20.4. The van der Waals surface area contributed by atoms with Crippen molar-refractivity contribution in [1.82, 2.24) is 19.8 Å². The molecule has 5 rings (SSSR count). The van der Waals surface area contributed by atoms with Crippen LogP contribution in [-0.4, -0.2) is 45.9 Å². The molecule has 4 aromatic rings. The molecular weight excluding hydrogens is 428 g/mol. The zero-order chi connectivity index (χ0) is 21.2. The number of aromatic nitrogens is 2. The molecule has 3 heterocycles. The van der Waals surface area contributed by atoms with Crippen molar-refractivity contribution in [2.75, 3.05) is 26.2 Å². The maximum Gasteiger partial charge on any atom is 0.260 e. The van der Waals surface area contributed by atoms with Crippen molar-refractivity contribution in [3.05, 3.63) is 86.7 Å². The summed E-state index contributed by atoms with van der Waals surface area (Å²) in [6.07, 6.45) is 0. The summed E-state index contributed by atoms with van der Waals surface area (Å²) in [4.78, 5) is 26.3. The fourth-order valence-electron chi connectivity index (χ4n) is 4.11. The number of nitrogens with one attached hydrogen (secondary N) is 1. The Morgan fingerprint density at radius 3 is 2.32 bits per heavy atom. The molecule has 0 atom stereocenters. The lowest BCUT2D eigenvalue weighted by Gasteiger charge is -2.34. The van der Waals surface area contributed by atoms with E-state index < -0.39 is 0 Å². The van der Waals surface area contributed by atoms with Crippen molar-refractivity contribution < 1.29 is 0 Å². The van der Waals surface area contributed by atoms with Crippen LogP contribution in [0.15, 0.2) is 64.8 Å². The van der Waals surface area contributed by atoms with Crippen LogP contribution in [0, 0.1) is 0 Å². The zero-order valence-electron chi connectivity index (χ0n) is 17.1. The number of aromatic amines is 1. The number of piperazine rings is 1. The monoisotopic (exact) mass is 450 g/mol. The van der Waals surface area contributed by atoms with E-state index in [0.717, 1.165) is 54.5 Å². The topological polar surface area (TPSA) is 52.2 Å². The maximum absolute atomic E-state index is 12.9. The SMILES string of the molecule is O=c1[nH]c(CN2CCN(Cc3ccccc3)CC2)nc2scc(-c3ccccc3Cl)c12. The molecule has 0 aliphatic carbocycles. The van der Waals surface area contributed by atoms with Crippen LogP contribution in [0.25, 0.3) is 21.3 Å². The Kier molecular flexibility index (Phi) is 5.87. The summed E-state index contributed by atoms with van der Waals surface area (Å²) in [7, 11) is 0. The van der Waals surface area contributed by atoms with Gasteiger partial charge in [-0.05, 0) is 11.6 Å². The molecule has 31 heavy (non-hydrogen) atoms. The molecule has 0 radical (unpaired) electrons. The van der Waals surface area contributed by atoms with Crippen LogP contribution < -0.4 is 5.56 Å². The highest BCUT2D eigenvalue weighted by Crippen LogP contribution is 2.34. The van der Waals surface area contributed by atoms with E-state index in [9.17, 15) is 4.79 Å². The highest BCUT2D eigenvalue weighted by Gasteiger charge is 2.19. The van der Waals surface area contributed by atoms with Crippen molar-refractivity contribution in [2.24, 2.45) is 0 Å². The summed E-state index contributed by atoms with van der Waals surface area (Å²) >= 11 is 7.85. The van der Waals surface area contributed by atoms with Crippen LogP contribution in [0.3, 0.4) is 0 Å². The number of fused-ring (bicyclic) bond motifs is 1. The highest BCUT2D eigenvalue weighted by atomic mass is 35.5. The van der Waals surface area contributed by atoms with Crippen LogP contribution in [0.5, 0.6) is 0 Å². The maximum atomic E-state index is 12.9. The van der Waals surface area contributed by atoms with Gasteiger partial charge in [0.15, 0.2) is 0 Å². The number of thiophene rings is 1. The molecule has 1 aliphatic heterocycles. The van der Waals surface area contributed by atoms with Gasteiger partial charge in [-0.1, -0.05) is 60.1 Å². The van der Waals surface area contributed by atoms with Crippen LogP contribution in [0.1, 0.15) is 11.4 Å². The number of nitrogens with zero attached hydrogens (tertiary/aromatic N) is 3. The fraction of sp³-hybridized carbons (Fsp3) is 0.250. The predicted molar refractivity (Wildman–Crippen MR) is 128 cm³/mol. The molecule has 1 aliphatic rings. The molecule has 158 valence electrons. The van der Waals surface area contributed by atoms with Gasteiger partial charge in [-0.15, -0.1) is 11.3 Å². The Hall–Kier alpha value is -2.51. The van der Waals surface area contributed by atoms with Gasteiger partial charge in [0, 0.05) is 54.3 Å². The lowest BCUT2D eigenvalue weighted by atomic mass is 10.1. The van der Waals surface area contributed by atoms with Crippen molar-refractivity contribution in [1.29, 1.82) is 0 Å². The minimum Gasteiger partial charge on any atom is -0.309 e. The van der Waals surface area contributed by atoms with E-state index in [4.69, 9.17) is 16.6 Å². The van der Waals surface area contributed by atoms with E-state index in [2.05, 4.69) is 45.1 Å². The number of benzene rings is 2. The second kappa shape index (κ2) is 8.93. The summed E-state index contributed by atoms with van der Waals surface area (Å²) in [6, 6.07) is 18.2. The summed E-state index contributed by atoms with van der Waals surface area (Å²) in [5, 5.41) is 3.23. The van der Waals surface area contributed by atoms with Gasteiger partial charge in [-0.3, -0.25) is 14.6 Å². The Morgan fingerprint density at radius 2 is 1.58 bits per heavy atom. The Labute approximate surface area is 189 Å². The first-order chi connectivity index (χ1) is 15.2. The van der Waals surface area contributed by atoms with Crippen molar-refractivity contribution in [3.63, 3.8) is 0 Å². The van der Waals surface area contributed by atoms with Crippen molar-refractivity contribution in [3.8, 4) is 11.1 Å². The van der Waals surface area contributed by atoms with E-state index in [-0.39, 0.29) is 5.56 Å².